The van der Waals surface area contributed by atoms with Gasteiger partial charge < -0.3 is 18.9 Å². The van der Waals surface area contributed by atoms with Crippen molar-refractivity contribution in [3.05, 3.63) is 46.8 Å². The van der Waals surface area contributed by atoms with Crippen LogP contribution in [0, 0.1) is 19.8 Å². The van der Waals surface area contributed by atoms with Gasteiger partial charge in [-0.3, -0.25) is 9.69 Å². The van der Waals surface area contributed by atoms with Crippen LogP contribution in [0.1, 0.15) is 54.1 Å². The fraction of sp³-hybridized carbons (Fsp3) is 0.600. The van der Waals surface area contributed by atoms with Crippen LogP contribution in [0.5, 0.6) is 5.75 Å². The number of carbonyl (C=O) groups is 1. The predicted molar refractivity (Wildman–Crippen MR) is 122 cm³/mol. The third-order valence-electron chi connectivity index (χ3n) is 6.58. The van der Waals surface area contributed by atoms with E-state index in [1.54, 1.807) is 0 Å². The number of ether oxygens (including phenoxy) is 2. The molecule has 2 fully saturated rings. The predicted octanol–water partition coefficient (Wildman–Crippen LogP) is 3.83. The minimum Gasteiger partial charge on any atom is -0.489 e. The number of morpholine rings is 1. The molecule has 32 heavy (non-hydrogen) atoms. The monoisotopic (exact) mass is 441 g/mol. The number of hydrogen-bond donors (Lipinski definition) is 0. The fourth-order valence-electron chi connectivity index (χ4n) is 4.86. The average Bonchev–Trinajstić information content (AvgIpc) is 3.09. The van der Waals surface area contributed by atoms with Gasteiger partial charge in [-0.2, -0.15) is 0 Å². The minimum atomic E-state index is 0.106. The lowest BCUT2D eigenvalue weighted by Gasteiger charge is -2.39. The highest BCUT2D eigenvalue weighted by Crippen LogP contribution is 2.23. The zero-order valence-corrected chi connectivity index (χ0v) is 19.7. The highest BCUT2D eigenvalue weighted by atomic mass is 16.5. The molecule has 1 aromatic heterocycles. The second-order valence-corrected chi connectivity index (χ2v) is 9.33. The minimum absolute atomic E-state index is 0.106. The van der Waals surface area contributed by atoms with Crippen LogP contribution in [0.4, 0.5) is 0 Å². The molecule has 2 atom stereocenters. The number of hydrogen-bond acceptors (Lipinski definition) is 6. The van der Waals surface area contributed by atoms with E-state index in [0.717, 1.165) is 68.3 Å². The Morgan fingerprint density at radius 3 is 2.34 bits per heavy atom. The maximum absolute atomic E-state index is 13.0. The Balaban J connectivity index is 1.25. The molecule has 2 aliphatic rings. The Morgan fingerprint density at radius 2 is 1.75 bits per heavy atom. The van der Waals surface area contributed by atoms with Crippen LogP contribution >= 0.6 is 0 Å². The van der Waals surface area contributed by atoms with Crippen molar-refractivity contribution in [2.45, 2.75) is 59.4 Å². The average molecular weight is 442 g/mol. The highest BCUT2D eigenvalue weighted by molar-refractivity contribution is 5.94. The van der Waals surface area contributed by atoms with Crippen LogP contribution in [-0.2, 0) is 11.3 Å². The van der Waals surface area contributed by atoms with Crippen molar-refractivity contribution in [3.63, 3.8) is 0 Å². The Hall–Kier alpha value is -2.38. The van der Waals surface area contributed by atoms with Gasteiger partial charge in [-0.1, -0.05) is 5.16 Å². The van der Waals surface area contributed by atoms with Crippen LogP contribution in [0.3, 0.4) is 0 Å². The van der Waals surface area contributed by atoms with Crippen molar-refractivity contribution in [1.82, 2.24) is 15.0 Å². The van der Waals surface area contributed by atoms with Crippen molar-refractivity contribution in [3.8, 4) is 5.75 Å². The molecule has 7 nitrogen and oxygen atoms in total. The van der Waals surface area contributed by atoms with Crippen LogP contribution in [0.15, 0.2) is 28.8 Å². The zero-order chi connectivity index (χ0) is 22.7. The number of amides is 1. The van der Waals surface area contributed by atoms with Gasteiger partial charge >= 0.3 is 0 Å². The number of likely N-dealkylation sites (tertiary alicyclic amines) is 1. The molecule has 0 saturated carbocycles. The van der Waals surface area contributed by atoms with E-state index < -0.39 is 0 Å². The molecule has 2 aromatic rings. The molecule has 0 aliphatic carbocycles. The lowest BCUT2D eigenvalue weighted by atomic mass is 9.95. The van der Waals surface area contributed by atoms with Crippen LogP contribution in [0.25, 0.3) is 0 Å². The molecule has 1 aromatic carbocycles. The van der Waals surface area contributed by atoms with Crippen molar-refractivity contribution in [1.29, 1.82) is 0 Å². The van der Waals surface area contributed by atoms with E-state index >= 15 is 0 Å². The van der Waals surface area contributed by atoms with Gasteiger partial charge in [-0.25, -0.2) is 0 Å². The molecule has 2 saturated heterocycles. The summed E-state index contributed by atoms with van der Waals surface area (Å²) in [5.41, 5.74) is 2.52. The van der Waals surface area contributed by atoms with E-state index in [1.165, 1.54) is 0 Å². The van der Waals surface area contributed by atoms with Gasteiger partial charge in [-0.05, 0) is 70.7 Å². The van der Waals surface area contributed by atoms with Gasteiger partial charge in [0.05, 0.1) is 23.5 Å². The van der Waals surface area contributed by atoms with E-state index in [4.69, 9.17) is 14.0 Å². The van der Waals surface area contributed by atoms with Crippen LogP contribution in [-0.4, -0.2) is 65.8 Å². The Labute approximate surface area is 190 Å². The lowest BCUT2D eigenvalue weighted by Crippen LogP contribution is -2.48. The fourth-order valence-corrected chi connectivity index (χ4v) is 4.86. The van der Waals surface area contributed by atoms with Gasteiger partial charge in [0.15, 0.2) is 0 Å². The number of nitrogens with zero attached hydrogens (tertiary/aromatic N) is 3. The molecule has 7 heteroatoms. The SMILES string of the molecule is Cc1noc(C)c1COc1ccc(C(=O)N2CCC(CN3CC(C)OC(C)C3)CC2)cc1. The first-order valence-corrected chi connectivity index (χ1v) is 11.7. The zero-order valence-electron chi connectivity index (χ0n) is 19.7. The van der Waals surface area contributed by atoms with Crippen LogP contribution < -0.4 is 4.74 Å². The quantitative estimate of drug-likeness (QED) is 0.679. The number of aromatic nitrogens is 1. The summed E-state index contributed by atoms with van der Waals surface area (Å²) in [4.78, 5) is 17.5. The van der Waals surface area contributed by atoms with E-state index in [1.807, 2.05) is 43.0 Å². The standard InChI is InChI=1S/C25H35N3O4/c1-17-13-27(14-18(2)31-17)15-21-9-11-28(12-10-21)25(29)22-5-7-23(8-6-22)30-16-24-19(3)26-32-20(24)4/h5-8,17-18,21H,9-16H2,1-4H3. The first kappa shape index (κ1) is 22.8. The number of aryl methyl sites for hydroxylation is 2. The van der Waals surface area contributed by atoms with Crippen molar-refractivity contribution in [2.24, 2.45) is 5.92 Å². The Morgan fingerprint density at radius 1 is 1.09 bits per heavy atom. The lowest BCUT2D eigenvalue weighted by molar-refractivity contribution is -0.0728. The summed E-state index contributed by atoms with van der Waals surface area (Å²) in [5, 5.41) is 3.95. The van der Waals surface area contributed by atoms with Gasteiger partial charge in [-0.15, -0.1) is 0 Å². The van der Waals surface area contributed by atoms with Crippen molar-refractivity contribution >= 4 is 5.91 Å². The van der Waals surface area contributed by atoms with Crippen LogP contribution in [0.2, 0.25) is 0 Å². The molecule has 2 aliphatic heterocycles. The Bertz CT molecular complexity index is 873. The number of carbonyl (C=O) groups excluding carboxylic acids is 1. The second kappa shape index (κ2) is 10.0. The second-order valence-electron chi connectivity index (χ2n) is 9.33. The van der Waals surface area contributed by atoms with Gasteiger partial charge in [0.1, 0.15) is 18.1 Å². The normalized spacial score (nSPS) is 22.8. The van der Waals surface area contributed by atoms with E-state index in [-0.39, 0.29) is 5.91 Å². The van der Waals surface area contributed by atoms with E-state index in [9.17, 15) is 4.79 Å². The van der Waals surface area contributed by atoms with Crippen molar-refractivity contribution in [2.75, 3.05) is 32.7 Å². The number of piperidine rings is 1. The molecule has 4 rings (SSSR count). The molecule has 1 amide bonds. The van der Waals surface area contributed by atoms with E-state index in [0.29, 0.717) is 30.3 Å². The van der Waals surface area contributed by atoms with Gasteiger partial charge in [0.2, 0.25) is 0 Å². The highest BCUT2D eigenvalue weighted by Gasteiger charge is 2.28. The summed E-state index contributed by atoms with van der Waals surface area (Å²) < 4.78 is 16.9. The molecular weight excluding hydrogens is 406 g/mol. The summed E-state index contributed by atoms with van der Waals surface area (Å²) in [5.74, 6) is 2.26. The summed E-state index contributed by atoms with van der Waals surface area (Å²) in [6, 6.07) is 7.43. The Kier molecular flexibility index (Phi) is 7.16. The first-order chi connectivity index (χ1) is 15.4. The largest absolute Gasteiger partial charge is 0.489 e. The topological polar surface area (TPSA) is 68.0 Å². The molecule has 0 spiro atoms. The summed E-state index contributed by atoms with van der Waals surface area (Å²) in [7, 11) is 0. The molecular formula is C25H35N3O4. The van der Waals surface area contributed by atoms with E-state index in [2.05, 4.69) is 23.9 Å². The molecule has 0 radical (unpaired) electrons. The molecule has 3 heterocycles. The smallest absolute Gasteiger partial charge is 0.253 e. The summed E-state index contributed by atoms with van der Waals surface area (Å²) >= 11 is 0. The summed E-state index contributed by atoms with van der Waals surface area (Å²) in [6.07, 6.45) is 2.73. The molecule has 2 unspecified atom stereocenters. The number of benzene rings is 1. The molecule has 0 bridgehead atoms. The number of rotatable bonds is 6. The van der Waals surface area contributed by atoms with Crippen molar-refractivity contribution < 1.29 is 18.8 Å². The molecule has 174 valence electrons. The maximum Gasteiger partial charge on any atom is 0.253 e. The van der Waals surface area contributed by atoms with Gasteiger partial charge in [0, 0.05) is 38.3 Å². The summed E-state index contributed by atoms with van der Waals surface area (Å²) in [6.45, 7) is 13.3. The third kappa shape index (κ3) is 5.51. The first-order valence-electron chi connectivity index (χ1n) is 11.7. The van der Waals surface area contributed by atoms with Gasteiger partial charge in [0.25, 0.3) is 5.91 Å². The maximum atomic E-state index is 13.0. The molecule has 0 N–H and O–H groups in total. The third-order valence-corrected chi connectivity index (χ3v) is 6.58.